The lowest BCUT2D eigenvalue weighted by molar-refractivity contribution is -0.124. The van der Waals surface area contributed by atoms with Crippen molar-refractivity contribution in [3.05, 3.63) is 0 Å². The van der Waals surface area contributed by atoms with Gasteiger partial charge in [-0.1, -0.05) is 45.4 Å². The first-order chi connectivity index (χ1) is 9.29. The van der Waals surface area contributed by atoms with Gasteiger partial charge in [0, 0.05) is 24.4 Å². The van der Waals surface area contributed by atoms with Gasteiger partial charge in [0.2, 0.25) is 0 Å². The Balaban J connectivity index is 1.60. The van der Waals surface area contributed by atoms with Gasteiger partial charge >= 0.3 is 0 Å². The van der Waals surface area contributed by atoms with Gasteiger partial charge in [-0.15, -0.1) is 0 Å². The molecule has 2 unspecified atom stereocenters. The zero-order valence-corrected chi connectivity index (χ0v) is 12.6. The first-order valence-electron chi connectivity index (χ1n) is 8.58. The molecule has 19 heavy (non-hydrogen) atoms. The number of fused-ring (bicyclic) bond motifs is 2. The number of carbonyl (C=O) groups is 1. The molecular formula is C17H31NO. The lowest BCUT2D eigenvalue weighted by atomic mass is 9.77. The number of rotatable bonds is 8. The Kier molecular flexibility index (Phi) is 6.36. The third-order valence-corrected chi connectivity index (χ3v) is 4.95. The molecule has 2 atom stereocenters. The molecule has 1 N–H and O–H groups in total. The van der Waals surface area contributed by atoms with Crippen molar-refractivity contribution in [1.82, 2.24) is 5.32 Å². The molecule has 2 heterocycles. The summed E-state index contributed by atoms with van der Waals surface area (Å²) in [6.07, 6.45) is 14.7. The maximum absolute atomic E-state index is 12.3. The summed E-state index contributed by atoms with van der Waals surface area (Å²) in [5.74, 6) is 0.945. The number of nitrogens with one attached hydrogen (secondary N) is 1. The van der Waals surface area contributed by atoms with Gasteiger partial charge in [-0.3, -0.25) is 4.79 Å². The van der Waals surface area contributed by atoms with Crippen LogP contribution in [0.3, 0.4) is 0 Å². The van der Waals surface area contributed by atoms with E-state index in [4.69, 9.17) is 0 Å². The average Bonchev–Trinajstić information content (AvgIpc) is 2.42. The Morgan fingerprint density at radius 2 is 1.63 bits per heavy atom. The second-order valence-corrected chi connectivity index (χ2v) is 6.64. The summed E-state index contributed by atoms with van der Waals surface area (Å²) in [7, 11) is 0. The van der Waals surface area contributed by atoms with Crippen LogP contribution in [0, 0.1) is 5.92 Å². The minimum Gasteiger partial charge on any atom is -0.311 e. The Morgan fingerprint density at radius 1 is 1.00 bits per heavy atom. The number of Topliss-reactive ketones (excluding diaryl/α,β-unsaturated/α-hetero) is 1. The van der Waals surface area contributed by atoms with Gasteiger partial charge < -0.3 is 5.32 Å². The Hall–Kier alpha value is -0.370. The summed E-state index contributed by atoms with van der Waals surface area (Å²) < 4.78 is 0. The van der Waals surface area contributed by atoms with E-state index in [0.717, 1.165) is 25.7 Å². The standard InChI is InChI=1S/C17H31NO/c1-2-3-4-5-6-7-11-17(19)14-12-15-9-8-10-16(13-14)18-15/h14-16,18H,2-13H2,1H3. The molecule has 2 heteroatoms. The van der Waals surface area contributed by atoms with E-state index in [2.05, 4.69) is 12.2 Å². The van der Waals surface area contributed by atoms with E-state index in [1.807, 2.05) is 0 Å². The van der Waals surface area contributed by atoms with Crippen LogP contribution in [0.2, 0.25) is 0 Å². The van der Waals surface area contributed by atoms with Crippen LogP contribution in [0.25, 0.3) is 0 Å². The third-order valence-electron chi connectivity index (χ3n) is 4.95. The molecular weight excluding hydrogens is 234 g/mol. The number of unbranched alkanes of at least 4 members (excludes halogenated alkanes) is 5. The molecule has 2 nitrogen and oxygen atoms in total. The topological polar surface area (TPSA) is 29.1 Å². The molecule has 0 aromatic carbocycles. The monoisotopic (exact) mass is 265 g/mol. The summed E-state index contributed by atoms with van der Waals surface area (Å²) >= 11 is 0. The number of ketones is 1. The SMILES string of the molecule is CCCCCCCCC(=O)C1CC2CCCC(C1)N2. The van der Waals surface area contributed by atoms with Crippen LogP contribution in [-0.2, 0) is 4.79 Å². The van der Waals surface area contributed by atoms with Crippen molar-refractivity contribution in [2.75, 3.05) is 0 Å². The normalized spacial score (nSPS) is 30.3. The van der Waals surface area contributed by atoms with Gasteiger partial charge in [0.05, 0.1) is 0 Å². The van der Waals surface area contributed by atoms with Gasteiger partial charge in [0.25, 0.3) is 0 Å². The van der Waals surface area contributed by atoms with Crippen molar-refractivity contribution in [3.8, 4) is 0 Å². The molecule has 0 radical (unpaired) electrons. The number of carbonyl (C=O) groups excluding carboxylic acids is 1. The van der Waals surface area contributed by atoms with Crippen molar-refractivity contribution in [2.24, 2.45) is 5.92 Å². The smallest absolute Gasteiger partial charge is 0.136 e. The van der Waals surface area contributed by atoms with E-state index in [-0.39, 0.29) is 0 Å². The fourth-order valence-electron chi connectivity index (χ4n) is 3.81. The predicted octanol–water partition coefficient (Wildman–Crippen LogP) is 4.23. The van der Waals surface area contributed by atoms with Gasteiger partial charge in [0.15, 0.2) is 0 Å². The summed E-state index contributed by atoms with van der Waals surface area (Å²) in [6, 6.07) is 1.29. The third kappa shape index (κ3) is 4.91. The minimum atomic E-state index is 0.382. The summed E-state index contributed by atoms with van der Waals surface area (Å²) in [6.45, 7) is 2.25. The molecule has 0 amide bonds. The molecule has 2 bridgehead atoms. The van der Waals surface area contributed by atoms with Crippen LogP contribution < -0.4 is 5.32 Å². The van der Waals surface area contributed by atoms with E-state index in [1.54, 1.807) is 0 Å². The number of hydrogen-bond acceptors (Lipinski definition) is 2. The number of hydrogen-bond donors (Lipinski definition) is 1. The van der Waals surface area contributed by atoms with Crippen LogP contribution in [0.15, 0.2) is 0 Å². The van der Waals surface area contributed by atoms with Gasteiger partial charge in [-0.05, 0) is 32.1 Å². The van der Waals surface area contributed by atoms with E-state index >= 15 is 0 Å². The van der Waals surface area contributed by atoms with Crippen LogP contribution >= 0.6 is 0 Å². The minimum absolute atomic E-state index is 0.382. The Labute approximate surface area is 118 Å². The van der Waals surface area contributed by atoms with Gasteiger partial charge in [-0.2, -0.15) is 0 Å². The van der Waals surface area contributed by atoms with Crippen LogP contribution in [0.4, 0.5) is 0 Å². The first kappa shape index (κ1) is 15.0. The fraction of sp³-hybridized carbons (Fsp3) is 0.941. The Morgan fingerprint density at radius 3 is 2.32 bits per heavy atom. The van der Waals surface area contributed by atoms with Crippen molar-refractivity contribution < 1.29 is 4.79 Å². The van der Waals surface area contributed by atoms with Crippen LogP contribution in [-0.4, -0.2) is 17.9 Å². The maximum atomic E-state index is 12.3. The van der Waals surface area contributed by atoms with Crippen molar-refractivity contribution in [3.63, 3.8) is 0 Å². The zero-order chi connectivity index (χ0) is 13.5. The average molecular weight is 265 g/mol. The zero-order valence-electron chi connectivity index (χ0n) is 12.6. The lowest BCUT2D eigenvalue weighted by Gasteiger charge is -2.39. The molecule has 110 valence electrons. The summed E-state index contributed by atoms with van der Waals surface area (Å²) in [5, 5.41) is 3.68. The van der Waals surface area contributed by atoms with Crippen LogP contribution in [0.5, 0.6) is 0 Å². The molecule has 2 fully saturated rings. The highest BCUT2D eigenvalue weighted by molar-refractivity contribution is 5.81. The molecule has 2 aliphatic rings. The molecule has 0 saturated carbocycles. The van der Waals surface area contributed by atoms with Crippen molar-refractivity contribution >= 4 is 5.78 Å². The summed E-state index contributed by atoms with van der Waals surface area (Å²) in [4.78, 5) is 12.3. The second-order valence-electron chi connectivity index (χ2n) is 6.64. The quantitative estimate of drug-likeness (QED) is 0.666. The molecule has 2 saturated heterocycles. The molecule has 2 rings (SSSR count). The van der Waals surface area contributed by atoms with E-state index in [9.17, 15) is 4.79 Å². The molecule has 0 aromatic heterocycles. The van der Waals surface area contributed by atoms with Crippen LogP contribution in [0.1, 0.15) is 84.0 Å². The fourth-order valence-corrected chi connectivity index (χ4v) is 3.81. The lowest BCUT2D eigenvalue weighted by Crippen LogP contribution is -2.50. The van der Waals surface area contributed by atoms with E-state index < -0.39 is 0 Å². The predicted molar refractivity (Wildman–Crippen MR) is 80.3 cm³/mol. The molecule has 0 aliphatic carbocycles. The van der Waals surface area contributed by atoms with Crippen molar-refractivity contribution in [1.29, 1.82) is 0 Å². The Bertz CT molecular complexity index is 264. The van der Waals surface area contributed by atoms with Gasteiger partial charge in [-0.25, -0.2) is 0 Å². The molecule has 2 aliphatic heterocycles. The summed E-state index contributed by atoms with van der Waals surface area (Å²) in [5.41, 5.74) is 0. The van der Waals surface area contributed by atoms with Crippen molar-refractivity contribution in [2.45, 2.75) is 96.1 Å². The highest BCUT2D eigenvalue weighted by atomic mass is 16.1. The number of piperidine rings is 2. The second kappa shape index (κ2) is 8.04. The molecule has 0 spiro atoms. The molecule has 0 aromatic rings. The van der Waals surface area contributed by atoms with E-state index in [0.29, 0.717) is 23.8 Å². The van der Waals surface area contributed by atoms with Gasteiger partial charge in [0.1, 0.15) is 5.78 Å². The highest BCUT2D eigenvalue weighted by Gasteiger charge is 2.33. The first-order valence-corrected chi connectivity index (χ1v) is 8.58. The largest absolute Gasteiger partial charge is 0.311 e. The highest BCUT2D eigenvalue weighted by Crippen LogP contribution is 2.31. The maximum Gasteiger partial charge on any atom is 0.136 e. The van der Waals surface area contributed by atoms with E-state index in [1.165, 1.54) is 51.4 Å².